The number of aldehydes is 1. The van der Waals surface area contributed by atoms with Gasteiger partial charge < -0.3 is 4.40 Å². The van der Waals surface area contributed by atoms with Crippen molar-refractivity contribution in [1.29, 1.82) is 0 Å². The van der Waals surface area contributed by atoms with Crippen molar-refractivity contribution < 1.29 is 4.79 Å². The first-order valence-corrected chi connectivity index (χ1v) is 6.59. The number of nitrogens with zero attached hydrogens (tertiary/aromatic N) is 1. The zero-order chi connectivity index (χ0) is 13.9. The molecule has 0 saturated carbocycles. The predicted molar refractivity (Wildman–Crippen MR) is 82.7 cm³/mol. The molecule has 0 atom stereocenters. The molecule has 0 saturated heterocycles. The van der Waals surface area contributed by atoms with E-state index in [9.17, 15) is 4.79 Å². The summed E-state index contributed by atoms with van der Waals surface area (Å²) in [6.45, 7) is 2.07. The fourth-order valence-electron chi connectivity index (χ4n) is 2.57. The summed E-state index contributed by atoms with van der Waals surface area (Å²) in [5.41, 5.74) is 5.61. The third-order valence-corrected chi connectivity index (χ3v) is 3.44. The lowest BCUT2D eigenvalue weighted by Crippen LogP contribution is -1.93. The summed E-state index contributed by atoms with van der Waals surface area (Å²) in [4.78, 5) is 10.7. The SMILES string of the molecule is Cc1cccc2cc(-c3ccccc3)c(C=CC=O)n12. The maximum Gasteiger partial charge on any atom is 0.142 e. The van der Waals surface area contributed by atoms with Crippen LogP contribution in [0.3, 0.4) is 0 Å². The molecule has 0 amide bonds. The van der Waals surface area contributed by atoms with Crippen LogP contribution in [0, 0.1) is 6.92 Å². The van der Waals surface area contributed by atoms with Crippen LogP contribution in [0.1, 0.15) is 11.4 Å². The maximum absolute atomic E-state index is 10.7. The van der Waals surface area contributed by atoms with Crippen LogP contribution in [0.25, 0.3) is 22.7 Å². The zero-order valence-electron chi connectivity index (χ0n) is 11.3. The van der Waals surface area contributed by atoms with Gasteiger partial charge in [0.05, 0.1) is 5.69 Å². The Morgan fingerprint density at radius 1 is 1.00 bits per heavy atom. The van der Waals surface area contributed by atoms with Gasteiger partial charge in [-0.3, -0.25) is 4.79 Å². The van der Waals surface area contributed by atoms with E-state index in [1.54, 1.807) is 6.08 Å². The first kappa shape index (κ1) is 12.4. The Bertz CT molecular complexity index is 782. The van der Waals surface area contributed by atoms with Crippen LogP contribution in [-0.2, 0) is 4.79 Å². The highest BCUT2D eigenvalue weighted by Gasteiger charge is 2.10. The van der Waals surface area contributed by atoms with Crippen LogP contribution in [-0.4, -0.2) is 10.7 Å². The van der Waals surface area contributed by atoms with Crippen LogP contribution < -0.4 is 0 Å². The lowest BCUT2D eigenvalue weighted by atomic mass is 10.1. The van der Waals surface area contributed by atoms with Crippen LogP contribution in [0.5, 0.6) is 0 Å². The van der Waals surface area contributed by atoms with Gasteiger partial charge in [-0.15, -0.1) is 0 Å². The summed E-state index contributed by atoms with van der Waals surface area (Å²) < 4.78 is 2.17. The Kier molecular flexibility index (Phi) is 3.21. The smallest absolute Gasteiger partial charge is 0.142 e. The van der Waals surface area contributed by atoms with E-state index >= 15 is 0 Å². The highest BCUT2D eigenvalue weighted by molar-refractivity contribution is 5.84. The first-order chi connectivity index (χ1) is 9.81. The number of allylic oxidation sites excluding steroid dienone is 1. The number of aryl methyl sites for hydroxylation is 1. The van der Waals surface area contributed by atoms with Crippen molar-refractivity contribution in [3.8, 4) is 11.1 Å². The van der Waals surface area contributed by atoms with E-state index in [1.807, 2.05) is 30.3 Å². The lowest BCUT2D eigenvalue weighted by molar-refractivity contribution is -0.104. The molecular weight excluding hydrogens is 246 g/mol. The number of fused-ring (bicyclic) bond motifs is 1. The number of hydrogen-bond acceptors (Lipinski definition) is 1. The average Bonchev–Trinajstić information content (AvgIpc) is 2.86. The van der Waals surface area contributed by atoms with E-state index in [2.05, 4.69) is 41.7 Å². The molecule has 0 fully saturated rings. The standard InChI is InChI=1S/C18H15NO/c1-14-7-5-10-16-13-17(15-8-3-2-4-9-15)18(19(14)16)11-6-12-20/h2-13H,1H3. The van der Waals surface area contributed by atoms with E-state index in [-0.39, 0.29) is 0 Å². The van der Waals surface area contributed by atoms with Gasteiger partial charge in [-0.2, -0.15) is 0 Å². The molecule has 20 heavy (non-hydrogen) atoms. The number of carbonyl (C=O) groups is 1. The molecule has 0 N–H and O–H groups in total. The van der Waals surface area contributed by atoms with Gasteiger partial charge in [-0.25, -0.2) is 0 Å². The molecule has 0 radical (unpaired) electrons. The summed E-state index contributed by atoms with van der Waals surface area (Å²) in [5, 5.41) is 0. The van der Waals surface area contributed by atoms with Gasteiger partial charge in [0.2, 0.25) is 0 Å². The number of pyridine rings is 1. The monoisotopic (exact) mass is 261 g/mol. The quantitative estimate of drug-likeness (QED) is 0.513. The Morgan fingerprint density at radius 3 is 2.55 bits per heavy atom. The number of aromatic nitrogens is 1. The zero-order valence-corrected chi connectivity index (χ0v) is 11.3. The van der Waals surface area contributed by atoms with Crippen molar-refractivity contribution in [3.05, 3.63) is 72.1 Å². The predicted octanol–water partition coefficient (Wildman–Crippen LogP) is 4.13. The Hall–Kier alpha value is -2.61. The molecule has 0 unspecified atom stereocenters. The molecule has 2 heterocycles. The van der Waals surface area contributed by atoms with Gasteiger partial charge in [0.1, 0.15) is 6.29 Å². The first-order valence-electron chi connectivity index (χ1n) is 6.59. The Labute approximate surface area is 118 Å². The molecule has 3 aromatic rings. The van der Waals surface area contributed by atoms with Gasteiger partial charge >= 0.3 is 0 Å². The second-order valence-electron chi connectivity index (χ2n) is 4.73. The molecule has 0 bridgehead atoms. The normalized spacial score (nSPS) is 11.2. The van der Waals surface area contributed by atoms with E-state index in [0.717, 1.165) is 34.3 Å². The third-order valence-electron chi connectivity index (χ3n) is 3.44. The van der Waals surface area contributed by atoms with E-state index < -0.39 is 0 Å². The number of carbonyl (C=O) groups excluding carboxylic acids is 1. The van der Waals surface area contributed by atoms with Crippen LogP contribution in [0.2, 0.25) is 0 Å². The number of rotatable bonds is 3. The molecule has 2 aromatic heterocycles. The largest absolute Gasteiger partial charge is 0.314 e. The minimum absolute atomic E-state index is 0.812. The molecule has 0 aliphatic carbocycles. The van der Waals surface area contributed by atoms with Crippen molar-refractivity contribution in [3.63, 3.8) is 0 Å². The summed E-state index contributed by atoms with van der Waals surface area (Å²) in [6.07, 6.45) is 4.22. The van der Waals surface area contributed by atoms with Crippen molar-refractivity contribution in [1.82, 2.24) is 4.40 Å². The van der Waals surface area contributed by atoms with Gasteiger partial charge in [-0.05, 0) is 42.8 Å². The fraction of sp³-hybridized carbons (Fsp3) is 0.0556. The molecular formula is C18H15NO. The van der Waals surface area contributed by atoms with Crippen molar-refractivity contribution >= 4 is 17.9 Å². The molecule has 1 aromatic carbocycles. The molecule has 0 spiro atoms. The number of hydrogen-bond donors (Lipinski definition) is 0. The van der Waals surface area contributed by atoms with Crippen molar-refractivity contribution in [2.45, 2.75) is 6.92 Å². The van der Waals surface area contributed by atoms with Crippen molar-refractivity contribution in [2.24, 2.45) is 0 Å². The highest BCUT2D eigenvalue weighted by Crippen LogP contribution is 2.29. The number of benzene rings is 1. The Morgan fingerprint density at radius 2 is 1.80 bits per heavy atom. The second-order valence-corrected chi connectivity index (χ2v) is 4.73. The average molecular weight is 261 g/mol. The minimum atomic E-state index is 0.812. The van der Waals surface area contributed by atoms with Crippen LogP contribution in [0.15, 0.2) is 60.7 Å². The van der Waals surface area contributed by atoms with Gasteiger partial charge in [-0.1, -0.05) is 36.4 Å². The summed E-state index contributed by atoms with van der Waals surface area (Å²) in [7, 11) is 0. The minimum Gasteiger partial charge on any atom is -0.314 e. The molecule has 2 nitrogen and oxygen atoms in total. The van der Waals surface area contributed by atoms with Gasteiger partial charge in [0.25, 0.3) is 0 Å². The van der Waals surface area contributed by atoms with Crippen LogP contribution in [0.4, 0.5) is 0 Å². The van der Waals surface area contributed by atoms with Crippen LogP contribution >= 0.6 is 0 Å². The molecule has 98 valence electrons. The summed E-state index contributed by atoms with van der Waals surface area (Å²) >= 11 is 0. The topological polar surface area (TPSA) is 21.5 Å². The Balaban J connectivity index is 2.34. The molecule has 0 aliphatic rings. The molecule has 3 rings (SSSR count). The van der Waals surface area contributed by atoms with Gasteiger partial charge in [0, 0.05) is 16.8 Å². The second kappa shape index (κ2) is 5.17. The van der Waals surface area contributed by atoms with Crippen molar-refractivity contribution in [2.75, 3.05) is 0 Å². The van der Waals surface area contributed by atoms with E-state index in [4.69, 9.17) is 0 Å². The van der Waals surface area contributed by atoms with E-state index in [1.165, 1.54) is 0 Å². The van der Waals surface area contributed by atoms with E-state index in [0.29, 0.717) is 0 Å². The summed E-state index contributed by atoms with van der Waals surface area (Å²) in [5.74, 6) is 0. The third kappa shape index (κ3) is 2.05. The highest BCUT2D eigenvalue weighted by atomic mass is 16.1. The fourth-order valence-corrected chi connectivity index (χ4v) is 2.57. The lowest BCUT2D eigenvalue weighted by Gasteiger charge is -2.05. The molecule has 2 heteroatoms. The summed E-state index contributed by atoms with van der Waals surface area (Å²) in [6, 6.07) is 18.6. The maximum atomic E-state index is 10.7. The van der Waals surface area contributed by atoms with Gasteiger partial charge in [0.15, 0.2) is 0 Å². The molecule has 0 aliphatic heterocycles.